The summed E-state index contributed by atoms with van der Waals surface area (Å²) in [6.45, 7) is 4.20. The normalized spacial score (nSPS) is 18.4. The van der Waals surface area contributed by atoms with Crippen molar-refractivity contribution in [2.24, 2.45) is 0 Å². The molecule has 1 aromatic rings. The number of hydrogen-bond acceptors (Lipinski definition) is 2. The van der Waals surface area contributed by atoms with Gasteiger partial charge < -0.3 is 10.1 Å². The first kappa shape index (κ1) is 12.4. The molecular formula is C13H16BrNO2. The fourth-order valence-corrected chi connectivity index (χ4v) is 1.92. The van der Waals surface area contributed by atoms with E-state index in [1.807, 2.05) is 32.0 Å². The lowest BCUT2D eigenvalue weighted by Crippen LogP contribution is -2.42. The van der Waals surface area contributed by atoms with E-state index < -0.39 is 4.32 Å². The van der Waals surface area contributed by atoms with E-state index in [9.17, 15) is 4.79 Å². The monoisotopic (exact) mass is 297 g/mol. The van der Waals surface area contributed by atoms with Crippen LogP contribution in [0.3, 0.4) is 0 Å². The van der Waals surface area contributed by atoms with Gasteiger partial charge in [0, 0.05) is 6.42 Å². The lowest BCUT2D eigenvalue weighted by molar-refractivity contribution is -0.122. The number of para-hydroxylation sites is 1. The first-order valence-corrected chi connectivity index (χ1v) is 6.48. The molecule has 0 aliphatic carbocycles. The number of carbonyl (C=O) groups is 1. The lowest BCUT2D eigenvalue weighted by atomic mass is 10.1. The maximum atomic E-state index is 11.7. The molecule has 17 heavy (non-hydrogen) atoms. The summed E-state index contributed by atoms with van der Waals surface area (Å²) in [6, 6.07) is 7.99. The molecule has 1 N–H and O–H groups in total. The first-order valence-electron chi connectivity index (χ1n) is 5.68. The Labute approximate surface area is 110 Å². The fourth-order valence-electron chi connectivity index (χ4n) is 1.78. The second-order valence-corrected chi connectivity index (χ2v) is 6.72. The maximum Gasteiger partial charge on any atom is 0.236 e. The predicted octanol–water partition coefficient (Wildman–Crippen LogP) is 2.28. The van der Waals surface area contributed by atoms with Gasteiger partial charge in [-0.2, -0.15) is 0 Å². The van der Waals surface area contributed by atoms with Gasteiger partial charge in [0.25, 0.3) is 0 Å². The van der Waals surface area contributed by atoms with Gasteiger partial charge in [-0.25, -0.2) is 0 Å². The zero-order valence-electron chi connectivity index (χ0n) is 10.00. The van der Waals surface area contributed by atoms with Gasteiger partial charge in [0.1, 0.15) is 11.9 Å². The van der Waals surface area contributed by atoms with Crippen LogP contribution in [0.4, 0.5) is 0 Å². The number of ether oxygens (including phenoxy) is 1. The molecule has 3 nitrogen and oxygen atoms in total. The van der Waals surface area contributed by atoms with Crippen molar-refractivity contribution in [1.82, 2.24) is 5.32 Å². The third-order valence-corrected chi connectivity index (χ3v) is 3.10. The SMILES string of the molecule is CC(C)(Br)C(=O)NCC1Cc2ccccc2O1. The van der Waals surface area contributed by atoms with E-state index in [2.05, 4.69) is 27.3 Å². The highest BCUT2D eigenvalue weighted by molar-refractivity contribution is 9.10. The van der Waals surface area contributed by atoms with E-state index >= 15 is 0 Å². The minimum absolute atomic E-state index is 0.0166. The average Bonchev–Trinajstić information content (AvgIpc) is 2.66. The molecule has 1 atom stereocenters. The van der Waals surface area contributed by atoms with Crippen molar-refractivity contribution in [3.8, 4) is 5.75 Å². The largest absolute Gasteiger partial charge is 0.488 e. The summed E-state index contributed by atoms with van der Waals surface area (Å²) in [5.74, 6) is 0.918. The molecule has 1 unspecified atom stereocenters. The summed E-state index contributed by atoms with van der Waals surface area (Å²) >= 11 is 3.33. The number of fused-ring (bicyclic) bond motifs is 1. The highest BCUT2D eigenvalue weighted by atomic mass is 79.9. The van der Waals surface area contributed by atoms with Crippen molar-refractivity contribution < 1.29 is 9.53 Å². The van der Waals surface area contributed by atoms with Gasteiger partial charge in [-0.05, 0) is 25.5 Å². The zero-order valence-corrected chi connectivity index (χ0v) is 11.6. The molecule has 1 amide bonds. The van der Waals surface area contributed by atoms with Gasteiger partial charge in [-0.3, -0.25) is 4.79 Å². The Morgan fingerprint density at radius 1 is 1.53 bits per heavy atom. The van der Waals surface area contributed by atoms with E-state index in [1.54, 1.807) is 0 Å². The predicted molar refractivity (Wildman–Crippen MR) is 70.6 cm³/mol. The molecule has 1 aromatic carbocycles. The summed E-state index contributed by atoms with van der Waals surface area (Å²) < 4.78 is 5.21. The second kappa shape index (κ2) is 4.69. The molecule has 0 spiro atoms. The molecule has 1 aliphatic rings. The molecule has 0 saturated carbocycles. The summed E-state index contributed by atoms with van der Waals surface area (Å²) in [7, 11) is 0. The Morgan fingerprint density at radius 3 is 2.88 bits per heavy atom. The second-order valence-electron chi connectivity index (χ2n) is 4.73. The number of carbonyl (C=O) groups excluding carboxylic acids is 1. The minimum atomic E-state index is -0.529. The van der Waals surface area contributed by atoms with Crippen LogP contribution in [0.15, 0.2) is 24.3 Å². The Morgan fingerprint density at radius 2 is 2.24 bits per heavy atom. The number of rotatable bonds is 3. The van der Waals surface area contributed by atoms with Gasteiger partial charge in [0.15, 0.2) is 0 Å². The molecule has 0 bridgehead atoms. The molecule has 0 aromatic heterocycles. The van der Waals surface area contributed by atoms with E-state index in [0.29, 0.717) is 6.54 Å². The fraction of sp³-hybridized carbons (Fsp3) is 0.462. The number of hydrogen-bond donors (Lipinski definition) is 1. The standard InChI is InChI=1S/C13H16BrNO2/c1-13(2,14)12(16)15-8-10-7-9-5-3-4-6-11(9)17-10/h3-6,10H,7-8H2,1-2H3,(H,15,16). The molecule has 1 heterocycles. The van der Waals surface area contributed by atoms with Gasteiger partial charge in [-0.15, -0.1) is 0 Å². The number of amides is 1. The summed E-state index contributed by atoms with van der Waals surface area (Å²) in [5, 5.41) is 2.89. The van der Waals surface area contributed by atoms with Crippen LogP contribution < -0.4 is 10.1 Å². The molecule has 0 fully saturated rings. The quantitative estimate of drug-likeness (QED) is 0.869. The Bertz CT molecular complexity index is 401. The first-order chi connectivity index (χ1) is 7.97. The lowest BCUT2D eigenvalue weighted by Gasteiger charge is -2.18. The Balaban J connectivity index is 1.87. The van der Waals surface area contributed by atoms with E-state index in [-0.39, 0.29) is 12.0 Å². The van der Waals surface area contributed by atoms with Crippen LogP contribution in [0.5, 0.6) is 5.75 Å². The van der Waals surface area contributed by atoms with Crippen molar-refractivity contribution in [2.45, 2.75) is 30.7 Å². The molecule has 1 aliphatic heterocycles. The molecule has 92 valence electrons. The van der Waals surface area contributed by atoms with Crippen molar-refractivity contribution in [1.29, 1.82) is 0 Å². The Kier molecular flexibility index (Phi) is 3.43. The van der Waals surface area contributed by atoms with E-state index in [0.717, 1.165) is 12.2 Å². The van der Waals surface area contributed by atoms with Crippen LogP contribution in [0.1, 0.15) is 19.4 Å². The number of halogens is 1. The van der Waals surface area contributed by atoms with Crippen LogP contribution in [0.25, 0.3) is 0 Å². The average molecular weight is 298 g/mol. The number of benzene rings is 1. The minimum Gasteiger partial charge on any atom is -0.488 e. The molecule has 2 rings (SSSR count). The Hall–Kier alpha value is -1.03. The van der Waals surface area contributed by atoms with Crippen LogP contribution in [0.2, 0.25) is 0 Å². The summed E-state index contributed by atoms with van der Waals surface area (Å²) in [4.78, 5) is 11.7. The molecule has 0 saturated heterocycles. The smallest absolute Gasteiger partial charge is 0.236 e. The number of alkyl halides is 1. The topological polar surface area (TPSA) is 38.3 Å². The van der Waals surface area contributed by atoms with Gasteiger partial charge >= 0.3 is 0 Å². The highest BCUT2D eigenvalue weighted by Gasteiger charge is 2.27. The van der Waals surface area contributed by atoms with Crippen LogP contribution >= 0.6 is 15.9 Å². The third-order valence-electron chi connectivity index (χ3n) is 2.74. The van der Waals surface area contributed by atoms with E-state index in [4.69, 9.17) is 4.74 Å². The molecular weight excluding hydrogens is 282 g/mol. The van der Waals surface area contributed by atoms with Crippen LogP contribution in [0, 0.1) is 0 Å². The summed E-state index contributed by atoms with van der Waals surface area (Å²) in [5.41, 5.74) is 1.21. The van der Waals surface area contributed by atoms with Gasteiger partial charge in [-0.1, -0.05) is 34.1 Å². The van der Waals surface area contributed by atoms with Crippen LogP contribution in [-0.2, 0) is 11.2 Å². The van der Waals surface area contributed by atoms with Crippen molar-refractivity contribution in [2.75, 3.05) is 6.54 Å². The van der Waals surface area contributed by atoms with Crippen molar-refractivity contribution >= 4 is 21.8 Å². The van der Waals surface area contributed by atoms with Crippen molar-refractivity contribution in [3.05, 3.63) is 29.8 Å². The third kappa shape index (κ3) is 3.00. The number of nitrogens with one attached hydrogen (secondary N) is 1. The zero-order chi connectivity index (χ0) is 12.5. The van der Waals surface area contributed by atoms with Gasteiger partial charge in [0.05, 0.1) is 10.9 Å². The van der Waals surface area contributed by atoms with Crippen LogP contribution in [-0.4, -0.2) is 22.9 Å². The maximum absolute atomic E-state index is 11.7. The molecule has 4 heteroatoms. The highest BCUT2D eigenvalue weighted by Crippen LogP contribution is 2.27. The van der Waals surface area contributed by atoms with Crippen molar-refractivity contribution in [3.63, 3.8) is 0 Å². The van der Waals surface area contributed by atoms with Gasteiger partial charge in [0.2, 0.25) is 5.91 Å². The summed E-state index contributed by atoms with van der Waals surface area (Å²) in [6.07, 6.45) is 0.908. The van der Waals surface area contributed by atoms with E-state index in [1.165, 1.54) is 5.56 Å². The molecule has 0 radical (unpaired) electrons.